The molecular weight excluding hydrogens is 292 g/mol. The number of nitrogens with zero attached hydrogens (tertiary/aromatic N) is 3. The number of halogens is 1. The number of aryl methyl sites for hydroxylation is 1. The number of aromatic nitrogens is 2. The first-order valence-corrected chi connectivity index (χ1v) is 7.38. The maximum Gasteiger partial charge on any atom is 0.243 e. The summed E-state index contributed by atoms with van der Waals surface area (Å²) in [6, 6.07) is 0. The van der Waals surface area contributed by atoms with Crippen LogP contribution in [0.15, 0.2) is 12.4 Å². The van der Waals surface area contributed by atoms with E-state index in [1.54, 1.807) is 11.1 Å². The molecule has 0 saturated carbocycles. The molecule has 1 aromatic heterocycles. The predicted molar refractivity (Wildman–Crippen MR) is 78.5 cm³/mol. The van der Waals surface area contributed by atoms with Crippen LogP contribution in [0, 0.1) is 0 Å². The third-order valence-electron chi connectivity index (χ3n) is 4.05. The second-order valence-electron chi connectivity index (χ2n) is 5.32. The normalized spacial score (nSPS) is 21.5. The molecule has 1 aliphatic heterocycles. The number of carbonyl (C=O) groups excluding carboxylic acids is 2. The number of primary amides is 1. The van der Waals surface area contributed by atoms with E-state index < -0.39 is 11.4 Å². The number of hydrogen-bond acceptors (Lipinski definition) is 4. The second kappa shape index (κ2) is 6.39. The summed E-state index contributed by atoms with van der Waals surface area (Å²) in [6.45, 7) is 2.06. The number of amides is 2. The van der Waals surface area contributed by atoms with Crippen LogP contribution in [0.3, 0.4) is 0 Å². The number of likely N-dealkylation sites (tertiary alicyclic amines) is 1. The van der Waals surface area contributed by atoms with Gasteiger partial charge in [0.15, 0.2) is 0 Å². The number of nitrogens with two attached hydrogens (primary N) is 1. The standard InChI is InChI=1S/C14H19ClN4O2/c1-10(20)19-9-3-6-14(19,13(16)21)5-2-4-11-12(15)18-8-7-17-11/h7-8H,2-6,9H2,1H3,(H2,16,21)/t14-/m1/s1. The van der Waals surface area contributed by atoms with Crippen LogP contribution in [0.2, 0.25) is 5.15 Å². The molecule has 1 aliphatic rings. The molecule has 1 saturated heterocycles. The van der Waals surface area contributed by atoms with Crippen LogP contribution in [-0.4, -0.2) is 38.8 Å². The highest BCUT2D eigenvalue weighted by Gasteiger charge is 2.46. The van der Waals surface area contributed by atoms with E-state index in [0.717, 1.165) is 6.42 Å². The van der Waals surface area contributed by atoms with Gasteiger partial charge < -0.3 is 10.6 Å². The Morgan fingerprint density at radius 1 is 1.43 bits per heavy atom. The summed E-state index contributed by atoms with van der Waals surface area (Å²) < 4.78 is 0. The average Bonchev–Trinajstić information content (AvgIpc) is 2.86. The molecule has 21 heavy (non-hydrogen) atoms. The average molecular weight is 311 g/mol. The fraction of sp³-hybridized carbons (Fsp3) is 0.571. The van der Waals surface area contributed by atoms with Gasteiger partial charge in [0.25, 0.3) is 0 Å². The first-order valence-electron chi connectivity index (χ1n) is 7.01. The minimum atomic E-state index is -0.861. The third kappa shape index (κ3) is 3.15. The van der Waals surface area contributed by atoms with Gasteiger partial charge in [-0.15, -0.1) is 0 Å². The predicted octanol–water partition coefficient (Wildman–Crippen LogP) is 1.32. The van der Waals surface area contributed by atoms with E-state index in [1.165, 1.54) is 13.1 Å². The first kappa shape index (κ1) is 15.7. The van der Waals surface area contributed by atoms with Gasteiger partial charge in [-0.3, -0.25) is 14.6 Å². The molecule has 6 nitrogen and oxygen atoms in total. The molecule has 1 atom stereocenters. The lowest BCUT2D eigenvalue weighted by Crippen LogP contribution is -2.55. The van der Waals surface area contributed by atoms with Gasteiger partial charge in [-0.1, -0.05) is 11.6 Å². The minimum Gasteiger partial charge on any atom is -0.368 e. The zero-order valence-corrected chi connectivity index (χ0v) is 12.8. The molecule has 2 rings (SSSR count). The van der Waals surface area contributed by atoms with Crippen molar-refractivity contribution in [1.29, 1.82) is 0 Å². The highest BCUT2D eigenvalue weighted by molar-refractivity contribution is 6.29. The molecule has 2 amide bonds. The van der Waals surface area contributed by atoms with Gasteiger partial charge in [0.1, 0.15) is 10.7 Å². The number of carbonyl (C=O) groups is 2. The van der Waals surface area contributed by atoms with E-state index >= 15 is 0 Å². The summed E-state index contributed by atoms with van der Waals surface area (Å²) in [5.41, 5.74) is 5.42. The topological polar surface area (TPSA) is 89.2 Å². The van der Waals surface area contributed by atoms with Crippen LogP contribution in [0.1, 0.15) is 38.3 Å². The maximum absolute atomic E-state index is 11.9. The summed E-state index contributed by atoms with van der Waals surface area (Å²) in [4.78, 5) is 33.4. The molecule has 1 fully saturated rings. The molecule has 0 bridgehead atoms. The summed E-state index contributed by atoms with van der Waals surface area (Å²) in [5, 5.41) is 0.375. The van der Waals surface area contributed by atoms with Crippen LogP contribution in [0.4, 0.5) is 0 Å². The van der Waals surface area contributed by atoms with Gasteiger partial charge >= 0.3 is 0 Å². The van der Waals surface area contributed by atoms with E-state index in [9.17, 15) is 9.59 Å². The Bertz CT molecular complexity index is 552. The zero-order chi connectivity index (χ0) is 15.5. The SMILES string of the molecule is CC(=O)N1CCC[C@]1(CCCc1nccnc1Cl)C(N)=O. The Labute approximate surface area is 128 Å². The molecule has 0 aliphatic carbocycles. The van der Waals surface area contributed by atoms with Crippen molar-refractivity contribution >= 4 is 23.4 Å². The van der Waals surface area contributed by atoms with Crippen LogP contribution in [-0.2, 0) is 16.0 Å². The third-order valence-corrected chi connectivity index (χ3v) is 4.37. The largest absolute Gasteiger partial charge is 0.368 e. The summed E-state index contributed by atoms with van der Waals surface area (Å²) in [5.74, 6) is -0.538. The molecule has 1 aromatic rings. The lowest BCUT2D eigenvalue weighted by molar-refractivity contribution is -0.142. The molecule has 0 unspecified atom stereocenters. The van der Waals surface area contributed by atoms with Crippen LogP contribution < -0.4 is 5.73 Å². The highest BCUT2D eigenvalue weighted by Crippen LogP contribution is 2.34. The smallest absolute Gasteiger partial charge is 0.243 e. The molecule has 0 radical (unpaired) electrons. The molecule has 7 heteroatoms. The van der Waals surface area contributed by atoms with Crippen molar-refractivity contribution < 1.29 is 9.59 Å². The summed E-state index contributed by atoms with van der Waals surface area (Å²) in [6.07, 6.45) is 6.34. The fourth-order valence-corrected chi connectivity index (χ4v) is 3.24. The van der Waals surface area contributed by atoms with Gasteiger partial charge in [-0.25, -0.2) is 4.98 Å². The van der Waals surface area contributed by atoms with Crippen LogP contribution in [0.25, 0.3) is 0 Å². The van der Waals surface area contributed by atoms with Crippen LogP contribution >= 0.6 is 11.6 Å². The van der Waals surface area contributed by atoms with Crippen molar-refractivity contribution in [3.63, 3.8) is 0 Å². The lowest BCUT2D eigenvalue weighted by atomic mass is 9.88. The van der Waals surface area contributed by atoms with Gasteiger partial charge in [-0.05, 0) is 32.1 Å². The maximum atomic E-state index is 11.9. The summed E-state index contributed by atoms with van der Waals surface area (Å²) in [7, 11) is 0. The Morgan fingerprint density at radius 2 is 2.14 bits per heavy atom. The van der Waals surface area contributed by atoms with Gasteiger partial charge in [0.05, 0.1) is 5.69 Å². The van der Waals surface area contributed by atoms with E-state index in [0.29, 0.717) is 43.1 Å². The van der Waals surface area contributed by atoms with Gasteiger partial charge in [-0.2, -0.15) is 0 Å². The van der Waals surface area contributed by atoms with Crippen molar-refractivity contribution in [3.8, 4) is 0 Å². The quantitative estimate of drug-likeness (QED) is 0.888. The van der Waals surface area contributed by atoms with Gasteiger partial charge in [0.2, 0.25) is 11.8 Å². The Hall–Kier alpha value is -1.69. The molecule has 2 N–H and O–H groups in total. The van der Waals surface area contributed by atoms with Crippen LogP contribution in [0.5, 0.6) is 0 Å². The zero-order valence-electron chi connectivity index (χ0n) is 12.0. The minimum absolute atomic E-state index is 0.108. The van der Waals surface area contributed by atoms with E-state index in [2.05, 4.69) is 9.97 Å². The Morgan fingerprint density at radius 3 is 2.76 bits per heavy atom. The van der Waals surface area contributed by atoms with Crippen molar-refractivity contribution in [2.75, 3.05) is 6.54 Å². The molecule has 0 spiro atoms. The number of hydrogen-bond donors (Lipinski definition) is 1. The monoisotopic (exact) mass is 310 g/mol. The van der Waals surface area contributed by atoms with E-state index in [-0.39, 0.29) is 5.91 Å². The van der Waals surface area contributed by atoms with Crippen molar-refractivity contribution in [2.45, 2.75) is 44.6 Å². The lowest BCUT2D eigenvalue weighted by Gasteiger charge is -2.35. The van der Waals surface area contributed by atoms with Gasteiger partial charge in [0, 0.05) is 25.9 Å². The summed E-state index contributed by atoms with van der Waals surface area (Å²) >= 11 is 5.97. The van der Waals surface area contributed by atoms with Crippen molar-refractivity contribution in [3.05, 3.63) is 23.2 Å². The van der Waals surface area contributed by atoms with E-state index in [4.69, 9.17) is 17.3 Å². The molecular formula is C14H19ClN4O2. The fourth-order valence-electron chi connectivity index (χ4n) is 3.04. The molecule has 2 heterocycles. The molecule has 0 aromatic carbocycles. The van der Waals surface area contributed by atoms with Crippen molar-refractivity contribution in [2.24, 2.45) is 5.73 Å². The Kier molecular flexibility index (Phi) is 4.77. The first-order chi connectivity index (χ1) is 9.97. The number of rotatable bonds is 5. The van der Waals surface area contributed by atoms with E-state index in [1.807, 2.05) is 0 Å². The Balaban J connectivity index is 2.06. The van der Waals surface area contributed by atoms with Crippen molar-refractivity contribution in [1.82, 2.24) is 14.9 Å². The second-order valence-corrected chi connectivity index (χ2v) is 5.68. The highest BCUT2D eigenvalue weighted by atomic mass is 35.5. The molecule has 114 valence electrons.